The van der Waals surface area contributed by atoms with Gasteiger partial charge in [0, 0.05) is 38.6 Å². The lowest BCUT2D eigenvalue weighted by molar-refractivity contribution is 0.0746. The van der Waals surface area contributed by atoms with E-state index >= 15 is 0 Å². The molecule has 1 aliphatic rings. The van der Waals surface area contributed by atoms with Gasteiger partial charge in [-0.05, 0) is 12.1 Å². The van der Waals surface area contributed by atoms with Crippen LogP contribution in [0.25, 0.3) is 0 Å². The van der Waals surface area contributed by atoms with Gasteiger partial charge >= 0.3 is 0 Å². The van der Waals surface area contributed by atoms with Crippen LogP contribution in [0.2, 0.25) is 5.02 Å². The van der Waals surface area contributed by atoms with Crippen LogP contribution in [0.1, 0.15) is 10.4 Å². The van der Waals surface area contributed by atoms with E-state index in [1.807, 2.05) is 0 Å². The number of hydrogen-bond acceptors (Lipinski definition) is 3. The molecule has 0 saturated carbocycles. The average Bonchev–Trinajstić information content (AvgIpc) is 2.65. The molecule has 0 aliphatic carbocycles. The van der Waals surface area contributed by atoms with Crippen molar-refractivity contribution in [2.45, 2.75) is 0 Å². The third kappa shape index (κ3) is 3.57. The van der Waals surface area contributed by atoms with Gasteiger partial charge in [-0.2, -0.15) is 0 Å². The fraction of sp³-hybridized carbons (Fsp3) is 0.250. The Morgan fingerprint density at radius 3 is 2.08 bits per heavy atom. The average molecular weight is 410 g/mol. The quantitative estimate of drug-likeness (QED) is 0.431. The summed E-state index contributed by atoms with van der Waals surface area (Å²) in [4.78, 5) is 18.8. The molecule has 1 aromatic carbocycles. The summed E-state index contributed by atoms with van der Waals surface area (Å²) in [5.74, 6) is -6.64. The summed E-state index contributed by atoms with van der Waals surface area (Å²) in [7, 11) is 0. The first kappa shape index (κ1) is 20.3. The van der Waals surface area contributed by atoms with E-state index in [1.165, 1.54) is 17.3 Å². The molecule has 1 fully saturated rings. The monoisotopic (exact) mass is 409 g/mol. The van der Waals surface area contributed by atoms with Crippen molar-refractivity contribution in [1.82, 2.24) is 9.88 Å². The van der Waals surface area contributed by atoms with Gasteiger partial charge in [0.2, 0.25) is 0 Å². The number of aromatic nitrogens is 1. The van der Waals surface area contributed by atoms with E-state index in [-0.39, 0.29) is 44.5 Å². The molecule has 0 radical (unpaired) electrons. The molecule has 0 N–H and O–H groups in total. The Labute approximate surface area is 157 Å². The number of nitrogens with zero attached hydrogens (tertiary/aromatic N) is 3. The smallest absolute Gasteiger partial charge is 0.255 e. The summed E-state index contributed by atoms with van der Waals surface area (Å²) in [5, 5.41) is -1.22. The molecule has 3 rings (SSSR count). The second-order valence-electron chi connectivity index (χ2n) is 5.44. The van der Waals surface area contributed by atoms with E-state index in [2.05, 4.69) is 4.98 Å². The largest absolute Gasteiger partial charge is 0.363 e. The predicted octanol–water partition coefficient (Wildman–Crippen LogP) is 3.68. The summed E-state index contributed by atoms with van der Waals surface area (Å²) in [6, 6.07) is 3.22. The van der Waals surface area contributed by atoms with Crippen LogP contribution >= 0.6 is 24.0 Å². The predicted molar refractivity (Wildman–Crippen MR) is 90.9 cm³/mol. The van der Waals surface area contributed by atoms with Crippen LogP contribution in [0.3, 0.4) is 0 Å². The van der Waals surface area contributed by atoms with E-state index in [9.17, 15) is 22.4 Å². The number of carbonyl (C=O) groups excluding carboxylic acids is 1. The van der Waals surface area contributed by atoms with Crippen LogP contribution in [0.5, 0.6) is 0 Å². The molecule has 2 aromatic rings. The van der Waals surface area contributed by atoms with Gasteiger partial charge in [-0.3, -0.25) is 9.78 Å². The van der Waals surface area contributed by atoms with Crippen LogP contribution in [0.4, 0.5) is 23.2 Å². The maximum absolute atomic E-state index is 14.0. The molecular weight excluding hydrogens is 397 g/mol. The van der Waals surface area contributed by atoms with Crippen molar-refractivity contribution >= 4 is 35.6 Å². The van der Waals surface area contributed by atoms with Crippen LogP contribution in [-0.4, -0.2) is 42.0 Å². The number of halogens is 6. The molecule has 0 atom stereocenters. The molecule has 10 heteroatoms. The van der Waals surface area contributed by atoms with Crippen LogP contribution in [0.15, 0.2) is 24.5 Å². The minimum absolute atomic E-state index is 0. The lowest BCUT2D eigenvalue weighted by Crippen LogP contribution is -2.49. The topological polar surface area (TPSA) is 36.4 Å². The first-order valence-electron chi connectivity index (χ1n) is 7.37. The SMILES string of the molecule is Cl.O=C(c1cccnc1)N1CCN(c2c(F)c(F)c(Cl)c(F)c2F)CC1. The zero-order valence-corrected chi connectivity index (χ0v) is 14.8. The van der Waals surface area contributed by atoms with Crippen LogP contribution in [0, 0.1) is 23.3 Å². The Hall–Kier alpha value is -2.06. The molecule has 0 spiro atoms. The van der Waals surface area contributed by atoms with E-state index in [0.717, 1.165) is 4.90 Å². The van der Waals surface area contributed by atoms with Crippen molar-refractivity contribution in [2.75, 3.05) is 31.1 Å². The minimum atomic E-state index is -1.63. The summed E-state index contributed by atoms with van der Waals surface area (Å²) in [6.07, 6.45) is 2.95. The number of rotatable bonds is 2. The van der Waals surface area contributed by atoms with Gasteiger partial charge < -0.3 is 9.80 Å². The van der Waals surface area contributed by atoms with Crippen molar-refractivity contribution in [3.8, 4) is 0 Å². The molecule has 0 bridgehead atoms. The van der Waals surface area contributed by atoms with Gasteiger partial charge in [0.05, 0.1) is 5.56 Å². The van der Waals surface area contributed by atoms with Crippen LogP contribution in [-0.2, 0) is 0 Å². The Kier molecular flexibility index (Phi) is 6.30. The Balaban J connectivity index is 0.00000243. The zero-order chi connectivity index (χ0) is 18.1. The lowest BCUT2D eigenvalue weighted by Gasteiger charge is -2.36. The maximum atomic E-state index is 14.0. The number of hydrogen-bond donors (Lipinski definition) is 0. The van der Waals surface area contributed by atoms with Crippen molar-refractivity contribution < 1.29 is 22.4 Å². The van der Waals surface area contributed by atoms with Gasteiger partial charge in [-0.25, -0.2) is 17.6 Å². The van der Waals surface area contributed by atoms with Crippen molar-refractivity contribution in [3.63, 3.8) is 0 Å². The van der Waals surface area contributed by atoms with Gasteiger partial charge in [0.25, 0.3) is 5.91 Å². The van der Waals surface area contributed by atoms with Crippen LogP contribution < -0.4 is 4.90 Å². The van der Waals surface area contributed by atoms with Gasteiger partial charge in [0.1, 0.15) is 10.7 Å². The molecule has 26 heavy (non-hydrogen) atoms. The van der Waals surface area contributed by atoms with E-state index in [0.29, 0.717) is 5.56 Å². The fourth-order valence-electron chi connectivity index (χ4n) is 2.68. The summed E-state index contributed by atoms with van der Waals surface area (Å²) < 4.78 is 55.2. The maximum Gasteiger partial charge on any atom is 0.255 e. The fourth-order valence-corrected chi connectivity index (χ4v) is 2.84. The number of pyridine rings is 1. The third-order valence-corrected chi connectivity index (χ3v) is 4.31. The van der Waals surface area contributed by atoms with Crippen molar-refractivity contribution in [3.05, 3.63) is 58.4 Å². The van der Waals surface area contributed by atoms with Crippen molar-refractivity contribution in [2.24, 2.45) is 0 Å². The minimum Gasteiger partial charge on any atom is -0.363 e. The van der Waals surface area contributed by atoms with Gasteiger partial charge in [-0.15, -0.1) is 12.4 Å². The zero-order valence-electron chi connectivity index (χ0n) is 13.2. The second-order valence-corrected chi connectivity index (χ2v) is 5.82. The van der Waals surface area contributed by atoms with E-state index < -0.39 is 34.0 Å². The summed E-state index contributed by atoms with van der Waals surface area (Å²) in [5.41, 5.74) is -0.426. The number of piperazine rings is 1. The molecule has 140 valence electrons. The van der Waals surface area contributed by atoms with E-state index in [1.54, 1.807) is 12.1 Å². The highest BCUT2D eigenvalue weighted by atomic mass is 35.5. The Morgan fingerprint density at radius 1 is 1.00 bits per heavy atom. The molecule has 1 aromatic heterocycles. The molecule has 1 amide bonds. The van der Waals surface area contributed by atoms with E-state index in [4.69, 9.17) is 11.6 Å². The molecule has 0 unspecified atom stereocenters. The first-order chi connectivity index (χ1) is 11.9. The normalized spacial score (nSPS) is 14.2. The Bertz CT molecular complexity index is 786. The molecule has 1 saturated heterocycles. The standard InChI is InChI=1S/C16H12ClF4N3O.ClH/c17-10-11(18)13(20)15(14(21)12(10)19)23-4-6-24(7-5-23)16(25)9-2-1-3-22-8-9;/h1-3,8H,4-7H2;1H. The Morgan fingerprint density at radius 2 is 1.58 bits per heavy atom. The van der Waals surface area contributed by atoms with Gasteiger partial charge in [-0.1, -0.05) is 11.6 Å². The highest BCUT2D eigenvalue weighted by molar-refractivity contribution is 6.31. The summed E-state index contributed by atoms with van der Waals surface area (Å²) in [6.45, 7) is 0.303. The lowest BCUT2D eigenvalue weighted by atomic mass is 10.2. The number of carbonyl (C=O) groups is 1. The number of anilines is 1. The molecule has 4 nitrogen and oxygen atoms in total. The third-order valence-electron chi connectivity index (χ3n) is 3.98. The molecule has 2 heterocycles. The highest BCUT2D eigenvalue weighted by Crippen LogP contribution is 2.33. The summed E-state index contributed by atoms with van der Waals surface area (Å²) >= 11 is 5.22. The first-order valence-corrected chi connectivity index (χ1v) is 7.75. The van der Waals surface area contributed by atoms with Crippen molar-refractivity contribution in [1.29, 1.82) is 0 Å². The highest BCUT2D eigenvalue weighted by Gasteiger charge is 2.31. The molecule has 1 aliphatic heterocycles. The second kappa shape index (κ2) is 8.09. The van der Waals surface area contributed by atoms with Gasteiger partial charge in [0.15, 0.2) is 23.3 Å². The molecular formula is C16H13Cl2F4N3O. The number of benzene rings is 1. The number of amides is 1.